The van der Waals surface area contributed by atoms with Crippen molar-refractivity contribution in [3.05, 3.63) is 10.6 Å². The zero-order chi connectivity index (χ0) is 15.5. The predicted molar refractivity (Wildman–Crippen MR) is 88.3 cm³/mol. The van der Waals surface area contributed by atoms with Gasteiger partial charge >= 0.3 is 5.97 Å². The number of esters is 1. The molecule has 0 atom stereocenters. The number of halogens is 1. The molecule has 0 aromatic carbocycles. The number of allylic oxidation sites excluding steroid dienone is 2. The molecule has 1 aliphatic rings. The van der Waals surface area contributed by atoms with Crippen molar-refractivity contribution in [2.75, 3.05) is 6.61 Å². The van der Waals surface area contributed by atoms with Crippen LogP contribution in [0.15, 0.2) is 10.6 Å². The lowest BCUT2D eigenvalue weighted by atomic mass is 9.85. The minimum atomic E-state index is -0.217. The first-order valence-electron chi connectivity index (χ1n) is 8.10. The lowest BCUT2D eigenvalue weighted by Crippen LogP contribution is -2.17. The molecule has 1 saturated carbocycles. The van der Waals surface area contributed by atoms with Crippen LogP contribution in [0, 0.1) is 5.92 Å². The number of carbonyl (C=O) groups is 2. The molecule has 0 bridgehead atoms. The average molecular weight is 359 g/mol. The summed E-state index contributed by atoms with van der Waals surface area (Å²) < 4.78 is 6.04. The van der Waals surface area contributed by atoms with E-state index in [1.165, 1.54) is 26.2 Å². The smallest absolute Gasteiger partial charge is 0.302 e. The Morgan fingerprint density at radius 2 is 1.86 bits per heavy atom. The number of ether oxygens (including phenoxy) is 1. The number of Topliss-reactive ketones (excluding diaryl/α,β-unsaturated/α-hetero) is 1. The van der Waals surface area contributed by atoms with Crippen LogP contribution in [-0.2, 0) is 14.3 Å². The monoisotopic (exact) mass is 358 g/mol. The zero-order valence-electron chi connectivity index (χ0n) is 13.0. The molecule has 120 valence electrons. The summed E-state index contributed by atoms with van der Waals surface area (Å²) in [5.74, 6) is 0.557. The molecule has 4 heteroatoms. The molecule has 0 radical (unpaired) electrons. The number of rotatable bonds is 9. The van der Waals surface area contributed by atoms with Gasteiger partial charge in [-0.3, -0.25) is 9.59 Å². The topological polar surface area (TPSA) is 43.4 Å². The molecule has 0 N–H and O–H groups in total. The van der Waals surface area contributed by atoms with E-state index in [1.54, 1.807) is 0 Å². The van der Waals surface area contributed by atoms with Gasteiger partial charge in [0, 0.05) is 19.3 Å². The van der Waals surface area contributed by atoms with E-state index in [4.69, 9.17) is 4.74 Å². The Labute approximate surface area is 136 Å². The molecule has 21 heavy (non-hydrogen) atoms. The van der Waals surface area contributed by atoms with E-state index in [1.807, 2.05) is 0 Å². The van der Waals surface area contributed by atoms with Crippen LogP contribution in [0.1, 0.15) is 71.1 Å². The third-order valence-electron chi connectivity index (χ3n) is 3.93. The first-order chi connectivity index (χ1) is 10.1. The van der Waals surface area contributed by atoms with Crippen LogP contribution in [0.4, 0.5) is 0 Å². The lowest BCUT2D eigenvalue weighted by molar-refractivity contribution is -0.141. The Morgan fingerprint density at radius 3 is 2.52 bits per heavy atom. The van der Waals surface area contributed by atoms with Gasteiger partial charge in [0.25, 0.3) is 0 Å². The summed E-state index contributed by atoms with van der Waals surface area (Å²) in [6.45, 7) is 1.93. The fourth-order valence-corrected chi connectivity index (χ4v) is 3.22. The van der Waals surface area contributed by atoms with Gasteiger partial charge in [-0.2, -0.15) is 0 Å². The average Bonchev–Trinajstić information content (AvgIpc) is 2.47. The number of carbonyl (C=O) groups excluding carboxylic acids is 2. The van der Waals surface area contributed by atoms with Gasteiger partial charge < -0.3 is 4.74 Å². The quantitative estimate of drug-likeness (QED) is 0.433. The van der Waals surface area contributed by atoms with Crippen LogP contribution in [0.3, 0.4) is 0 Å². The standard InChI is InChI=1S/C17H27BrO3/c1-14(19)21-13-6-5-10-16(18)11-7-12-17(20)15-8-3-2-4-9-15/h11,15H,2-10,12-13H2,1H3/b16-11-. The Balaban J connectivity index is 2.08. The second-order valence-electron chi connectivity index (χ2n) is 5.79. The molecule has 1 aliphatic carbocycles. The minimum absolute atomic E-state index is 0.217. The third kappa shape index (κ3) is 9.07. The van der Waals surface area contributed by atoms with Crippen molar-refractivity contribution in [1.29, 1.82) is 0 Å². The van der Waals surface area contributed by atoms with E-state index in [-0.39, 0.29) is 5.97 Å². The minimum Gasteiger partial charge on any atom is -0.466 e. The maximum Gasteiger partial charge on any atom is 0.302 e. The highest BCUT2D eigenvalue weighted by atomic mass is 79.9. The molecule has 0 saturated heterocycles. The van der Waals surface area contributed by atoms with Crippen molar-refractivity contribution in [3.8, 4) is 0 Å². The molecular formula is C17H27BrO3. The number of ketones is 1. The molecule has 1 fully saturated rings. The molecule has 3 nitrogen and oxygen atoms in total. The van der Waals surface area contributed by atoms with Crippen molar-refractivity contribution in [2.45, 2.75) is 71.1 Å². The Morgan fingerprint density at radius 1 is 1.14 bits per heavy atom. The highest BCUT2D eigenvalue weighted by molar-refractivity contribution is 9.11. The van der Waals surface area contributed by atoms with Crippen LogP contribution < -0.4 is 0 Å². The molecule has 0 aromatic heterocycles. The fraction of sp³-hybridized carbons (Fsp3) is 0.765. The molecule has 1 rings (SSSR count). The summed E-state index contributed by atoms with van der Waals surface area (Å²) in [5.41, 5.74) is 0. The Hall–Kier alpha value is -0.640. The van der Waals surface area contributed by atoms with Gasteiger partial charge in [0.05, 0.1) is 6.61 Å². The van der Waals surface area contributed by atoms with E-state index in [9.17, 15) is 9.59 Å². The van der Waals surface area contributed by atoms with E-state index < -0.39 is 0 Å². The van der Waals surface area contributed by atoms with Gasteiger partial charge in [-0.1, -0.05) is 41.3 Å². The number of hydrogen-bond acceptors (Lipinski definition) is 3. The van der Waals surface area contributed by atoms with Crippen molar-refractivity contribution in [1.82, 2.24) is 0 Å². The van der Waals surface area contributed by atoms with Crippen molar-refractivity contribution < 1.29 is 14.3 Å². The summed E-state index contributed by atoms with van der Waals surface area (Å²) in [6.07, 6.45) is 12.4. The summed E-state index contributed by atoms with van der Waals surface area (Å²) >= 11 is 3.55. The van der Waals surface area contributed by atoms with Crippen LogP contribution >= 0.6 is 15.9 Å². The largest absolute Gasteiger partial charge is 0.466 e. The summed E-state index contributed by atoms with van der Waals surface area (Å²) in [7, 11) is 0. The van der Waals surface area contributed by atoms with Crippen LogP contribution in [-0.4, -0.2) is 18.4 Å². The molecule has 0 unspecified atom stereocenters. The lowest BCUT2D eigenvalue weighted by Gasteiger charge is -2.19. The SMILES string of the molecule is CC(=O)OCCCC/C(Br)=C/CCC(=O)C1CCCCC1. The van der Waals surface area contributed by atoms with Gasteiger partial charge in [0.1, 0.15) is 5.78 Å². The molecule has 0 amide bonds. The van der Waals surface area contributed by atoms with Gasteiger partial charge in [-0.05, 0) is 43.0 Å². The van der Waals surface area contributed by atoms with Crippen LogP contribution in [0.25, 0.3) is 0 Å². The highest BCUT2D eigenvalue weighted by Gasteiger charge is 2.19. The van der Waals surface area contributed by atoms with E-state index in [0.717, 1.165) is 43.0 Å². The fourth-order valence-electron chi connectivity index (χ4n) is 2.71. The number of hydrogen-bond donors (Lipinski definition) is 0. The van der Waals surface area contributed by atoms with Gasteiger partial charge in [-0.15, -0.1) is 0 Å². The van der Waals surface area contributed by atoms with Crippen molar-refractivity contribution >= 4 is 27.7 Å². The normalized spacial score (nSPS) is 16.8. The summed E-state index contributed by atoms with van der Waals surface area (Å²) in [4.78, 5) is 22.7. The first-order valence-corrected chi connectivity index (χ1v) is 8.89. The Kier molecular flexibility index (Phi) is 9.64. The van der Waals surface area contributed by atoms with E-state index in [0.29, 0.717) is 24.7 Å². The van der Waals surface area contributed by atoms with Crippen LogP contribution in [0.5, 0.6) is 0 Å². The van der Waals surface area contributed by atoms with Crippen LogP contribution in [0.2, 0.25) is 0 Å². The van der Waals surface area contributed by atoms with Crippen molar-refractivity contribution in [3.63, 3.8) is 0 Å². The van der Waals surface area contributed by atoms with Gasteiger partial charge in [0.2, 0.25) is 0 Å². The second kappa shape index (κ2) is 11.0. The molecule has 0 heterocycles. The molecular weight excluding hydrogens is 332 g/mol. The Bertz CT molecular complexity index is 357. The van der Waals surface area contributed by atoms with Gasteiger partial charge in [-0.25, -0.2) is 0 Å². The summed E-state index contributed by atoms with van der Waals surface area (Å²) in [6, 6.07) is 0. The maximum absolute atomic E-state index is 12.0. The zero-order valence-corrected chi connectivity index (χ0v) is 14.6. The van der Waals surface area contributed by atoms with E-state index >= 15 is 0 Å². The predicted octanol–water partition coefficient (Wildman–Crippen LogP) is 4.93. The maximum atomic E-state index is 12.0. The van der Waals surface area contributed by atoms with E-state index in [2.05, 4.69) is 22.0 Å². The molecule has 0 aliphatic heterocycles. The second-order valence-corrected chi connectivity index (χ2v) is 6.81. The molecule has 0 aromatic rings. The third-order valence-corrected chi connectivity index (χ3v) is 4.65. The first kappa shape index (κ1) is 18.4. The highest BCUT2D eigenvalue weighted by Crippen LogP contribution is 2.26. The summed E-state index contributed by atoms with van der Waals surface area (Å²) in [5, 5.41) is 0. The molecule has 0 spiro atoms. The van der Waals surface area contributed by atoms with Gasteiger partial charge in [0.15, 0.2) is 0 Å². The van der Waals surface area contributed by atoms with Crippen molar-refractivity contribution in [2.24, 2.45) is 5.92 Å². The number of unbranched alkanes of at least 4 members (excludes halogenated alkanes) is 1.